The molecule has 0 amide bonds. The van der Waals surface area contributed by atoms with Crippen molar-refractivity contribution in [3.63, 3.8) is 0 Å². The number of pyridine rings is 1. The summed E-state index contributed by atoms with van der Waals surface area (Å²) in [5.74, 6) is 0.560. The summed E-state index contributed by atoms with van der Waals surface area (Å²) in [5.41, 5.74) is 10.9. The molecule has 0 unspecified atom stereocenters. The predicted molar refractivity (Wildman–Crippen MR) is 141 cm³/mol. The van der Waals surface area contributed by atoms with Gasteiger partial charge < -0.3 is 25.7 Å². The van der Waals surface area contributed by atoms with Gasteiger partial charge in [0, 0.05) is 54.9 Å². The van der Waals surface area contributed by atoms with E-state index in [1.807, 2.05) is 12.1 Å². The zero-order chi connectivity index (χ0) is 24.6. The summed E-state index contributed by atoms with van der Waals surface area (Å²) in [6.45, 7) is 8.09. The summed E-state index contributed by atoms with van der Waals surface area (Å²) in [7, 11) is 1.75. The van der Waals surface area contributed by atoms with E-state index in [2.05, 4.69) is 43.9 Å². The van der Waals surface area contributed by atoms with E-state index in [0.29, 0.717) is 34.0 Å². The number of hydrogen-bond donors (Lipinski definition) is 3. The molecule has 35 heavy (non-hydrogen) atoms. The van der Waals surface area contributed by atoms with Crippen LogP contribution in [0, 0.1) is 0 Å². The van der Waals surface area contributed by atoms with E-state index in [-0.39, 0.29) is 5.56 Å². The average molecular weight is 473 g/mol. The van der Waals surface area contributed by atoms with Crippen LogP contribution in [0.4, 0.5) is 5.69 Å². The van der Waals surface area contributed by atoms with Gasteiger partial charge in [-0.2, -0.15) is 0 Å². The Bertz CT molecular complexity index is 1210. The van der Waals surface area contributed by atoms with Gasteiger partial charge in [0.2, 0.25) is 0 Å². The molecule has 0 spiro atoms. The molecule has 0 bridgehead atoms. The van der Waals surface area contributed by atoms with Gasteiger partial charge in [0.15, 0.2) is 0 Å². The van der Waals surface area contributed by atoms with Crippen molar-refractivity contribution in [2.75, 3.05) is 38.7 Å². The average Bonchev–Trinajstić information content (AvgIpc) is 2.89. The van der Waals surface area contributed by atoms with Crippen molar-refractivity contribution >= 4 is 23.2 Å². The number of hydrogen-bond acceptors (Lipinski definition) is 7. The molecule has 1 aliphatic rings. The van der Waals surface area contributed by atoms with Crippen LogP contribution in [0.1, 0.15) is 41.0 Å². The van der Waals surface area contributed by atoms with Crippen LogP contribution >= 0.6 is 0 Å². The first-order valence-corrected chi connectivity index (χ1v) is 11.8. The van der Waals surface area contributed by atoms with Crippen LogP contribution < -0.4 is 16.6 Å². The lowest BCUT2D eigenvalue weighted by Gasteiger charge is -2.32. The molecule has 0 atom stereocenters. The van der Waals surface area contributed by atoms with Crippen molar-refractivity contribution in [2.24, 2.45) is 5.73 Å². The Morgan fingerprint density at radius 1 is 1.23 bits per heavy atom. The molecule has 182 valence electrons. The lowest BCUT2D eigenvalue weighted by molar-refractivity contribution is 0.130. The van der Waals surface area contributed by atoms with E-state index in [1.54, 1.807) is 37.8 Å². The van der Waals surface area contributed by atoms with Gasteiger partial charge in [-0.05, 0) is 67.3 Å². The number of H-pyrrole nitrogens is 1. The molecule has 1 aliphatic heterocycles. The Balaban J connectivity index is 1.45. The van der Waals surface area contributed by atoms with E-state index in [9.17, 15) is 4.79 Å². The minimum absolute atomic E-state index is 0.245. The summed E-state index contributed by atoms with van der Waals surface area (Å²) >= 11 is 0. The summed E-state index contributed by atoms with van der Waals surface area (Å²) in [6, 6.07) is 10.2. The molecule has 0 radical (unpaired) electrons. The van der Waals surface area contributed by atoms with E-state index in [1.165, 1.54) is 11.9 Å². The standard InChI is InChI=1S/C27H32N6O2/c1-19(26-22(7-10-31-27(26)34)15-25(28)23-16-29-18-30-17-23)32-24-5-3-20(4-6-24)21-8-11-33(12-9-21)13-14-35-2/h3-7,10,15-18,21,32H,1,8-9,11-14,28H2,2H3,(H,31,34)/b25-15-. The van der Waals surface area contributed by atoms with Crippen LogP contribution in [0.3, 0.4) is 0 Å². The molecule has 1 fully saturated rings. The third-order valence-electron chi connectivity index (χ3n) is 6.38. The van der Waals surface area contributed by atoms with E-state index >= 15 is 0 Å². The number of methoxy groups -OCH3 is 1. The van der Waals surface area contributed by atoms with Gasteiger partial charge in [0.1, 0.15) is 6.33 Å². The monoisotopic (exact) mass is 472 g/mol. The van der Waals surface area contributed by atoms with Crippen LogP contribution in [0.15, 0.2) is 66.6 Å². The number of nitrogens with zero attached hydrogens (tertiary/aromatic N) is 3. The maximum Gasteiger partial charge on any atom is 0.257 e. The first-order valence-electron chi connectivity index (χ1n) is 11.8. The molecule has 0 aliphatic carbocycles. The van der Waals surface area contributed by atoms with Crippen molar-refractivity contribution in [1.29, 1.82) is 0 Å². The van der Waals surface area contributed by atoms with Crippen LogP contribution in [0.25, 0.3) is 17.5 Å². The molecule has 4 rings (SSSR count). The predicted octanol–water partition coefficient (Wildman–Crippen LogP) is 3.53. The second-order valence-electron chi connectivity index (χ2n) is 8.70. The zero-order valence-electron chi connectivity index (χ0n) is 20.0. The first kappa shape index (κ1) is 24.4. The number of anilines is 1. The number of nitrogens with two attached hydrogens (primary N) is 1. The zero-order valence-corrected chi connectivity index (χ0v) is 20.0. The summed E-state index contributed by atoms with van der Waals surface area (Å²) in [4.78, 5) is 25.9. The van der Waals surface area contributed by atoms with Gasteiger partial charge in [-0.1, -0.05) is 18.7 Å². The molecule has 0 saturated carbocycles. The minimum atomic E-state index is -0.245. The van der Waals surface area contributed by atoms with E-state index in [4.69, 9.17) is 10.5 Å². The highest BCUT2D eigenvalue weighted by Crippen LogP contribution is 2.29. The minimum Gasteiger partial charge on any atom is -0.398 e. The number of benzene rings is 1. The second-order valence-corrected chi connectivity index (χ2v) is 8.70. The van der Waals surface area contributed by atoms with Crippen LogP contribution in [-0.2, 0) is 4.74 Å². The van der Waals surface area contributed by atoms with Crippen molar-refractivity contribution < 1.29 is 4.74 Å². The number of piperidine rings is 1. The Morgan fingerprint density at radius 3 is 2.63 bits per heavy atom. The highest BCUT2D eigenvalue weighted by molar-refractivity contribution is 5.86. The van der Waals surface area contributed by atoms with Gasteiger partial charge in [0.05, 0.1) is 12.2 Å². The summed E-state index contributed by atoms with van der Waals surface area (Å²) in [5, 5.41) is 3.28. The molecular weight excluding hydrogens is 440 g/mol. The fourth-order valence-electron chi connectivity index (χ4n) is 4.41. The highest BCUT2D eigenvalue weighted by Gasteiger charge is 2.20. The molecule has 2 aromatic heterocycles. The van der Waals surface area contributed by atoms with Crippen LogP contribution in [0.5, 0.6) is 0 Å². The topological polar surface area (TPSA) is 109 Å². The summed E-state index contributed by atoms with van der Waals surface area (Å²) in [6.07, 6.45) is 10.3. The lowest BCUT2D eigenvalue weighted by atomic mass is 9.89. The number of aromatic amines is 1. The smallest absolute Gasteiger partial charge is 0.257 e. The van der Waals surface area contributed by atoms with Crippen LogP contribution in [0.2, 0.25) is 0 Å². The number of nitrogens with one attached hydrogen (secondary N) is 2. The molecule has 1 aromatic carbocycles. The number of likely N-dealkylation sites (tertiary alicyclic amines) is 1. The molecule has 3 aromatic rings. The molecule has 3 heterocycles. The Hall–Kier alpha value is -3.75. The maximum atomic E-state index is 12.7. The highest BCUT2D eigenvalue weighted by atomic mass is 16.5. The van der Waals surface area contributed by atoms with E-state index < -0.39 is 0 Å². The lowest BCUT2D eigenvalue weighted by Crippen LogP contribution is -2.35. The number of aromatic nitrogens is 3. The number of ether oxygens (including phenoxy) is 1. The molecule has 8 heteroatoms. The second kappa shape index (κ2) is 11.6. The maximum absolute atomic E-state index is 12.7. The molecule has 1 saturated heterocycles. The summed E-state index contributed by atoms with van der Waals surface area (Å²) < 4.78 is 5.19. The van der Waals surface area contributed by atoms with Crippen LogP contribution in [-0.4, -0.2) is 53.2 Å². The van der Waals surface area contributed by atoms with Crippen molar-refractivity contribution in [1.82, 2.24) is 19.9 Å². The van der Waals surface area contributed by atoms with Gasteiger partial charge in [0.25, 0.3) is 5.56 Å². The van der Waals surface area contributed by atoms with Crippen molar-refractivity contribution in [3.8, 4) is 0 Å². The Labute approximate surface area is 205 Å². The third kappa shape index (κ3) is 6.23. The number of rotatable bonds is 9. The molecule has 4 N–H and O–H groups in total. The van der Waals surface area contributed by atoms with Gasteiger partial charge in [-0.15, -0.1) is 0 Å². The first-order chi connectivity index (χ1) is 17.0. The largest absolute Gasteiger partial charge is 0.398 e. The van der Waals surface area contributed by atoms with Gasteiger partial charge >= 0.3 is 0 Å². The van der Waals surface area contributed by atoms with Gasteiger partial charge in [-0.25, -0.2) is 9.97 Å². The van der Waals surface area contributed by atoms with Crippen molar-refractivity contribution in [2.45, 2.75) is 18.8 Å². The Kier molecular flexibility index (Phi) is 8.07. The van der Waals surface area contributed by atoms with Gasteiger partial charge in [-0.3, -0.25) is 4.79 Å². The fourth-order valence-corrected chi connectivity index (χ4v) is 4.41. The fraction of sp³-hybridized carbons (Fsp3) is 0.296. The third-order valence-corrected chi connectivity index (χ3v) is 6.38. The van der Waals surface area contributed by atoms with Crippen molar-refractivity contribution in [3.05, 3.63) is 94.4 Å². The normalized spacial score (nSPS) is 15.2. The van der Waals surface area contributed by atoms with E-state index in [0.717, 1.165) is 44.8 Å². The molecular formula is C27H32N6O2. The Morgan fingerprint density at radius 2 is 1.94 bits per heavy atom. The molecule has 8 nitrogen and oxygen atoms in total. The quantitative estimate of drug-likeness (QED) is 0.437. The SMILES string of the molecule is C=C(Nc1ccc(C2CCN(CCOC)CC2)cc1)c1c(/C=C(\N)c2cncnc2)cc[nH]c1=O.